The molecule has 33 heavy (non-hydrogen) atoms. The molecule has 1 aromatic carbocycles. The van der Waals surface area contributed by atoms with Gasteiger partial charge < -0.3 is 20.4 Å². The van der Waals surface area contributed by atoms with Crippen molar-refractivity contribution in [2.75, 3.05) is 44.6 Å². The number of anilines is 1. The Kier molecular flexibility index (Phi) is 9.83. The average Bonchev–Trinajstić information content (AvgIpc) is 3.25. The lowest BCUT2D eigenvalue weighted by molar-refractivity contribution is -0.120. The number of amides is 3. The minimum atomic E-state index is -0.306. The smallest absolute Gasteiger partial charge is 0.254 e. The minimum Gasteiger partial charge on any atom is -0.354 e. The molecule has 1 aliphatic heterocycles. The summed E-state index contributed by atoms with van der Waals surface area (Å²) in [4.78, 5) is 45.7. The van der Waals surface area contributed by atoms with Gasteiger partial charge in [-0.25, -0.2) is 4.98 Å². The normalized spacial score (nSPS) is 14.0. The topological polar surface area (TPSA) is 94.6 Å². The number of nitrogens with zero attached hydrogens (tertiary/aromatic N) is 3. The molecule has 178 valence electrons. The molecule has 8 nitrogen and oxygen atoms in total. The van der Waals surface area contributed by atoms with Crippen molar-refractivity contribution in [1.29, 1.82) is 0 Å². The first kappa shape index (κ1) is 24.9. The van der Waals surface area contributed by atoms with Crippen LogP contribution in [0.15, 0.2) is 35.7 Å². The van der Waals surface area contributed by atoms with Crippen molar-refractivity contribution in [3.63, 3.8) is 0 Å². The predicted molar refractivity (Wildman–Crippen MR) is 130 cm³/mol. The highest BCUT2D eigenvalue weighted by Gasteiger charge is 2.19. The third-order valence-corrected chi connectivity index (χ3v) is 6.28. The van der Waals surface area contributed by atoms with Crippen LogP contribution in [0.25, 0.3) is 0 Å². The molecule has 0 bridgehead atoms. The number of aromatic nitrogens is 1. The van der Waals surface area contributed by atoms with E-state index in [9.17, 15) is 14.4 Å². The third kappa shape index (κ3) is 8.25. The predicted octanol–water partition coefficient (Wildman–Crippen LogP) is 2.78. The van der Waals surface area contributed by atoms with E-state index in [-0.39, 0.29) is 30.7 Å². The van der Waals surface area contributed by atoms with Gasteiger partial charge >= 0.3 is 0 Å². The molecule has 0 aliphatic carbocycles. The lowest BCUT2D eigenvalue weighted by Crippen LogP contribution is -2.38. The van der Waals surface area contributed by atoms with Gasteiger partial charge in [0.05, 0.1) is 12.1 Å². The molecular weight excluding hydrogens is 438 g/mol. The average molecular weight is 472 g/mol. The molecule has 2 heterocycles. The monoisotopic (exact) mass is 471 g/mol. The van der Waals surface area contributed by atoms with E-state index in [4.69, 9.17) is 0 Å². The Labute approximate surface area is 199 Å². The quantitative estimate of drug-likeness (QED) is 0.526. The summed E-state index contributed by atoms with van der Waals surface area (Å²) in [6, 6.07) is 8.94. The van der Waals surface area contributed by atoms with Gasteiger partial charge in [0.25, 0.3) is 5.91 Å². The summed E-state index contributed by atoms with van der Waals surface area (Å²) in [5.41, 5.74) is 1.18. The van der Waals surface area contributed by atoms with Crippen LogP contribution in [0.1, 0.15) is 48.7 Å². The van der Waals surface area contributed by atoms with Crippen LogP contribution < -0.4 is 10.6 Å². The molecule has 1 aliphatic rings. The maximum absolute atomic E-state index is 12.7. The Bertz CT molecular complexity index is 912. The Morgan fingerprint density at radius 2 is 1.85 bits per heavy atom. The van der Waals surface area contributed by atoms with Crippen LogP contribution in [-0.4, -0.2) is 71.8 Å². The standard InChI is InChI=1S/C24H33N5O3S/c1-2-12-29(23(32)19-9-5-3-6-10-19)17-22(31)27-24-26-20(18-33-24)16-21(30)25-11-15-28-13-7-4-8-14-28/h3,5-6,9-10,18H,2,4,7-8,11-17H2,1H3,(H,25,30)(H,26,27,31). The molecule has 0 spiro atoms. The fourth-order valence-electron chi connectivity index (χ4n) is 3.83. The zero-order valence-corrected chi connectivity index (χ0v) is 20.0. The highest BCUT2D eigenvalue weighted by atomic mass is 32.1. The number of hydrogen-bond acceptors (Lipinski definition) is 6. The first-order chi connectivity index (χ1) is 16.0. The minimum absolute atomic E-state index is 0.0481. The van der Waals surface area contributed by atoms with Gasteiger partial charge in [-0.2, -0.15) is 0 Å². The van der Waals surface area contributed by atoms with Gasteiger partial charge in [-0.3, -0.25) is 14.4 Å². The van der Waals surface area contributed by atoms with Gasteiger partial charge in [-0.1, -0.05) is 31.5 Å². The van der Waals surface area contributed by atoms with E-state index < -0.39 is 0 Å². The van der Waals surface area contributed by atoms with E-state index in [1.54, 1.807) is 29.6 Å². The maximum atomic E-state index is 12.7. The van der Waals surface area contributed by atoms with E-state index in [2.05, 4.69) is 20.5 Å². The summed E-state index contributed by atoms with van der Waals surface area (Å²) in [5, 5.41) is 7.91. The molecule has 3 rings (SSSR count). The van der Waals surface area contributed by atoms with E-state index in [0.29, 0.717) is 29.5 Å². The van der Waals surface area contributed by atoms with Crippen LogP contribution in [0.4, 0.5) is 5.13 Å². The second kappa shape index (κ2) is 13.1. The fourth-order valence-corrected chi connectivity index (χ4v) is 4.55. The molecule has 1 aromatic heterocycles. The Balaban J connectivity index is 1.44. The summed E-state index contributed by atoms with van der Waals surface area (Å²) < 4.78 is 0. The van der Waals surface area contributed by atoms with E-state index in [1.165, 1.54) is 35.5 Å². The van der Waals surface area contributed by atoms with Gasteiger partial charge in [0, 0.05) is 30.6 Å². The van der Waals surface area contributed by atoms with Gasteiger partial charge in [-0.05, 0) is 44.5 Å². The zero-order chi connectivity index (χ0) is 23.5. The van der Waals surface area contributed by atoms with Crippen molar-refractivity contribution in [3.05, 3.63) is 47.0 Å². The highest BCUT2D eigenvalue weighted by molar-refractivity contribution is 7.13. The number of piperidine rings is 1. The maximum Gasteiger partial charge on any atom is 0.254 e. The number of likely N-dealkylation sites (tertiary alicyclic amines) is 1. The van der Waals surface area contributed by atoms with Crippen molar-refractivity contribution in [2.45, 2.75) is 39.0 Å². The molecule has 0 radical (unpaired) electrons. The summed E-state index contributed by atoms with van der Waals surface area (Å²) in [6.07, 6.45) is 4.70. The molecular formula is C24H33N5O3S. The summed E-state index contributed by atoms with van der Waals surface area (Å²) >= 11 is 1.28. The second-order valence-electron chi connectivity index (χ2n) is 8.21. The van der Waals surface area contributed by atoms with E-state index >= 15 is 0 Å². The highest BCUT2D eigenvalue weighted by Crippen LogP contribution is 2.16. The number of nitrogens with one attached hydrogen (secondary N) is 2. The molecule has 1 fully saturated rings. The number of carbonyl (C=O) groups is 3. The SMILES string of the molecule is CCCN(CC(=O)Nc1nc(CC(=O)NCCN2CCCCC2)cs1)C(=O)c1ccccc1. The van der Waals surface area contributed by atoms with Crippen molar-refractivity contribution < 1.29 is 14.4 Å². The van der Waals surface area contributed by atoms with Gasteiger partial charge in [-0.15, -0.1) is 11.3 Å². The number of carbonyl (C=O) groups excluding carboxylic acids is 3. The van der Waals surface area contributed by atoms with Gasteiger partial charge in [0.1, 0.15) is 6.54 Å². The first-order valence-corrected chi connectivity index (χ1v) is 12.5. The van der Waals surface area contributed by atoms with Crippen LogP contribution in [0.2, 0.25) is 0 Å². The lowest BCUT2D eigenvalue weighted by Gasteiger charge is -2.26. The number of rotatable bonds is 11. The molecule has 9 heteroatoms. The molecule has 2 aromatic rings. The molecule has 0 unspecified atom stereocenters. The number of benzene rings is 1. The number of thiazole rings is 1. The van der Waals surface area contributed by atoms with E-state index in [1.807, 2.05) is 13.0 Å². The Hall–Kier alpha value is -2.78. The van der Waals surface area contributed by atoms with Crippen LogP contribution in [0.5, 0.6) is 0 Å². The molecule has 2 N–H and O–H groups in total. The van der Waals surface area contributed by atoms with Gasteiger partial charge in [0.15, 0.2) is 5.13 Å². The first-order valence-electron chi connectivity index (χ1n) is 11.6. The van der Waals surface area contributed by atoms with Crippen molar-refractivity contribution in [3.8, 4) is 0 Å². The largest absolute Gasteiger partial charge is 0.354 e. The summed E-state index contributed by atoms with van der Waals surface area (Å²) in [5.74, 6) is -0.550. The molecule has 1 saturated heterocycles. The summed E-state index contributed by atoms with van der Waals surface area (Å²) in [7, 11) is 0. The Morgan fingerprint density at radius 3 is 2.58 bits per heavy atom. The fraction of sp³-hybridized carbons (Fsp3) is 0.500. The van der Waals surface area contributed by atoms with Crippen LogP contribution in [0.3, 0.4) is 0 Å². The van der Waals surface area contributed by atoms with Gasteiger partial charge in [0.2, 0.25) is 11.8 Å². The van der Waals surface area contributed by atoms with Crippen molar-refractivity contribution >= 4 is 34.2 Å². The molecule has 0 saturated carbocycles. The van der Waals surface area contributed by atoms with Crippen molar-refractivity contribution in [2.24, 2.45) is 0 Å². The molecule has 3 amide bonds. The molecule has 0 atom stereocenters. The van der Waals surface area contributed by atoms with Crippen LogP contribution in [0, 0.1) is 0 Å². The third-order valence-electron chi connectivity index (χ3n) is 5.47. The van der Waals surface area contributed by atoms with E-state index in [0.717, 1.165) is 26.1 Å². The lowest BCUT2D eigenvalue weighted by atomic mass is 10.1. The van der Waals surface area contributed by atoms with Crippen LogP contribution in [-0.2, 0) is 16.0 Å². The summed E-state index contributed by atoms with van der Waals surface area (Å²) in [6.45, 7) is 6.13. The van der Waals surface area contributed by atoms with Crippen molar-refractivity contribution in [1.82, 2.24) is 20.1 Å². The zero-order valence-electron chi connectivity index (χ0n) is 19.2. The second-order valence-corrected chi connectivity index (χ2v) is 9.07. The van der Waals surface area contributed by atoms with Crippen LogP contribution >= 0.6 is 11.3 Å². The Morgan fingerprint density at radius 1 is 1.09 bits per heavy atom. The number of hydrogen-bond donors (Lipinski definition) is 2.